The first-order chi connectivity index (χ1) is 18.7. The first-order valence-electron chi connectivity index (χ1n) is 12.7. The second-order valence-corrected chi connectivity index (χ2v) is 9.67. The zero-order valence-corrected chi connectivity index (χ0v) is 22.2. The standard InChI is InChI=1S/C29H32F2N6O2/c1-5-24-21(26(35-34-24)19-11-13-32-14-12-19)16-18(2)28(38)33-20-8-7-15-37(17-20)27(29(39)36(3)4)25-22(30)9-6-10-23(25)31/h5-6,9-14,16,20,27,34H,2,7-8,15,17H2,1,3-4H3,(H,33,38). The molecule has 10 heteroatoms. The molecule has 0 spiro atoms. The number of likely N-dealkylation sites (N-methyl/N-ethyl adjacent to an activating group) is 1. The molecule has 2 atom stereocenters. The molecule has 39 heavy (non-hydrogen) atoms. The van der Waals surface area contributed by atoms with E-state index in [9.17, 15) is 18.4 Å². The summed E-state index contributed by atoms with van der Waals surface area (Å²) in [6, 6.07) is 5.74. The molecule has 0 bridgehead atoms. The highest BCUT2D eigenvalue weighted by atomic mass is 19.1. The Morgan fingerprint density at radius 1 is 1.21 bits per heavy atom. The van der Waals surface area contributed by atoms with E-state index in [4.69, 9.17) is 0 Å². The molecule has 1 saturated heterocycles. The molecule has 2 N–H and O–H groups in total. The monoisotopic (exact) mass is 534 g/mol. The van der Waals surface area contributed by atoms with Crippen LogP contribution in [0.5, 0.6) is 0 Å². The summed E-state index contributed by atoms with van der Waals surface area (Å²) in [5.41, 5.74) is 1.45. The minimum atomic E-state index is -1.15. The number of amides is 2. The van der Waals surface area contributed by atoms with Gasteiger partial charge in [-0.2, -0.15) is 5.10 Å². The second-order valence-electron chi connectivity index (χ2n) is 9.67. The first-order valence-corrected chi connectivity index (χ1v) is 12.7. The lowest BCUT2D eigenvalue weighted by Gasteiger charge is -2.39. The van der Waals surface area contributed by atoms with Gasteiger partial charge in [-0.25, -0.2) is 8.78 Å². The lowest BCUT2D eigenvalue weighted by atomic mass is 9.97. The summed E-state index contributed by atoms with van der Waals surface area (Å²) in [7, 11) is 3.10. The molecule has 0 radical (unpaired) electrons. The van der Waals surface area contributed by atoms with Crippen molar-refractivity contribution in [2.75, 3.05) is 27.2 Å². The summed E-state index contributed by atoms with van der Waals surface area (Å²) in [5.74, 6) is -2.37. The van der Waals surface area contributed by atoms with Crippen LogP contribution in [0.25, 0.3) is 23.4 Å². The fraction of sp³-hybridized carbons (Fsp3) is 0.310. The molecule has 1 aromatic carbocycles. The van der Waals surface area contributed by atoms with Gasteiger partial charge in [-0.3, -0.25) is 24.6 Å². The van der Waals surface area contributed by atoms with Gasteiger partial charge in [0.15, 0.2) is 0 Å². The maximum absolute atomic E-state index is 14.8. The zero-order valence-electron chi connectivity index (χ0n) is 22.2. The van der Waals surface area contributed by atoms with E-state index < -0.39 is 23.6 Å². The number of pyridine rings is 1. The number of benzene rings is 1. The van der Waals surface area contributed by atoms with Gasteiger partial charge >= 0.3 is 0 Å². The highest BCUT2D eigenvalue weighted by molar-refractivity contribution is 6.01. The number of aromatic nitrogens is 3. The summed E-state index contributed by atoms with van der Waals surface area (Å²) >= 11 is 0. The Morgan fingerprint density at radius 3 is 2.54 bits per heavy atom. The number of carbonyl (C=O) groups is 2. The third kappa shape index (κ3) is 6.12. The van der Waals surface area contributed by atoms with Gasteiger partial charge in [0.1, 0.15) is 23.4 Å². The van der Waals surface area contributed by atoms with Gasteiger partial charge in [-0.05, 0) is 56.7 Å². The van der Waals surface area contributed by atoms with Gasteiger partial charge in [0.25, 0.3) is 5.91 Å². The summed E-state index contributed by atoms with van der Waals surface area (Å²) in [6.07, 6.45) is 8.16. The van der Waals surface area contributed by atoms with Gasteiger partial charge in [0.2, 0.25) is 5.91 Å². The molecule has 3 heterocycles. The third-order valence-electron chi connectivity index (χ3n) is 6.79. The average molecular weight is 535 g/mol. The minimum absolute atomic E-state index is 0.230. The molecule has 1 aliphatic rings. The molecule has 2 amide bonds. The molecule has 1 fully saturated rings. The summed E-state index contributed by atoms with van der Waals surface area (Å²) in [4.78, 5) is 33.4. The van der Waals surface area contributed by atoms with Crippen molar-refractivity contribution in [3.63, 3.8) is 0 Å². The number of aromatic amines is 1. The van der Waals surface area contributed by atoms with Crippen LogP contribution in [0.4, 0.5) is 8.78 Å². The Bertz CT molecular complexity index is 1460. The van der Waals surface area contributed by atoms with Crippen LogP contribution in [0.15, 0.2) is 54.9 Å². The number of likely N-dealkylation sites (tertiary alicyclic amines) is 1. The number of nitrogens with one attached hydrogen (secondary N) is 2. The largest absolute Gasteiger partial charge is 0.348 e. The highest BCUT2D eigenvalue weighted by Gasteiger charge is 2.36. The number of nitrogens with zero attached hydrogens (tertiary/aromatic N) is 4. The van der Waals surface area contributed by atoms with Crippen LogP contribution >= 0.6 is 0 Å². The van der Waals surface area contributed by atoms with Gasteiger partial charge in [0.05, 0.1) is 10.9 Å². The fourth-order valence-electron chi connectivity index (χ4n) is 4.82. The minimum Gasteiger partial charge on any atom is -0.348 e. The van der Waals surface area contributed by atoms with E-state index in [1.54, 1.807) is 37.5 Å². The number of hydrogen-bond donors (Lipinski definition) is 2. The Balaban J connectivity index is 1.56. The van der Waals surface area contributed by atoms with E-state index in [-0.39, 0.29) is 29.6 Å². The van der Waals surface area contributed by atoms with Crippen LogP contribution in [0, 0.1) is 11.6 Å². The summed E-state index contributed by atoms with van der Waals surface area (Å²) < 4.78 is 29.5. The van der Waals surface area contributed by atoms with E-state index in [1.807, 2.05) is 25.1 Å². The van der Waals surface area contributed by atoms with Gasteiger partial charge in [-0.1, -0.05) is 18.7 Å². The molecule has 2 aromatic heterocycles. The highest BCUT2D eigenvalue weighted by Crippen LogP contribution is 2.30. The summed E-state index contributed by atoms with van der Waals surface area (Å²) in [5, 5.41) is 11.8. The number of halogens is 2. The van der Waals surface area contributed by atoms with Crippen LogP contribution in [0.1, 0.15) is 31.4 Å². The van der Waals surface area contributed by atoms with Crippen molar-refractivity contribution >= 4 is 24.0 Å². The maximum Gasteiger partial charge on any atom is 0.250 e. The SMILES string of the molecule is C=C(C=c1c(-c2ccncc2)n[nH]c1=CC)C(=O)NC1CCCN(C(C(=O)N(C)C)c2c(F)cccc2F)C1. The van der Waals surface area contributed by atoms with Crippen molar-refractivity contribution in [2.24, 2.45) is 0 Å². The number of hydrogen-bond acceptors (Lipinski definition) is 5. The smallest absolute Gasteiger partial charge is 0.250 e. The Kier molecular flexibility index (Phi) is 8.65. The van der Waals surface area contributed by atoms with Crippen molar-refractivity contribution < 1.29 is 18.4 Å². The molecule has 204 valence electrons. The van der Waals surface area contributed by atoms with Crippen molar-refractivity contribution in [2.45, 2.75) is 31.8 Å². The number of rotatable bonds is 7. The van der Waals surface area contributed by atoms with Crippen LogP contribution < -0.4 is 15.9 Å². The van der Waals surface area contributed by atoms with Crippen LogP contribution in [-0.2, 0) is 9.59 Å². The molecular weight excluding hydrogens is 502 g/mol. The lowest BCUT2D eigenvalue weighted by molar-refractivity contribution is -0.135. The van der Waals surface area contributed by atoms with Crippen LogP contribution in [0.3, 0.4) is 0 Å². The van der Waals surface area contributed by atoms with Crippen LogP contribution in [0.2, 0.25) is 0 Å². The molecule has 8 nitrogen and oxygen atoms in total. The van der Waals surface area contributed by atoms with E-state index in [2.05, 4.69) is 27.1 Å². The Hall–Kier alpha value is -4.18. The molecule has 2 unspecified atom stereocenters. The van der Waals surface area contributed by atoms with Crippen LogP contribution in [-0.4, -0.2) is 70.0 Å². The van der Waals surface area contributed by atoms with Gasteiger partial charge < -0.3 is 10.2 Å². The van der Waals surface area contributed by atoms with Gasteiger partial charge in [0, 0.05) is 55.4 Å². The molecule has 0 aliphatic carbocycles. The zero-order chi connectivity index (χ0) is 28.1. The number of H-pyrrole nitrogens is 1. The predicted molar refractivity (Wildman–Crippen MR) is 145 cm³/mol. The first kappa shape index (κ1) is 27.8. The predicted octanol–water partition coefficient (Wildman–Crippen LogP) is 2.30. The Labute approximate surface area is 225 Å². The number of carbonyl (C=O) groups excluding carboxylic acids is 2. The van der Waals surface area contributed by atoms with Crippen molar-refractivity contribution in [3.05, 3.63) is 82.6 Å². The molecule has 3 aromatic rings. The van der Waals surface area contributed by atoms with E-state index in [0.29, 0.717) is 25.1 Å². The maximum atomic E-state index is 14.8. The van der Waals surface area contributed by atoms with E-state index in [0.717, 1.165) is 28.3 Å². The van der Waals surface area contributed by atoms with Crippen molar-refractivity contribution in [3.8, 4) is 11.3 Å². The third-order valence-corrected chi connectivity index (χ3v) is 6.79. The quantitative estimate of drug-likeness (QED) is 0.454. The van der Waals surface area contributed by atoms with Crippen molar-refractivity contribution in [1.82, 2.24) is 30.3 Å². The molecular formula is C29H32F2N6O2. The molecule has 1 aliphatic heterocycles. The lowest BCUT2D eigenvalue weighted by Crippen LogP contribution is -2.51. The normalized spacial score (nSPS) is 17.6. The van der Waals surface area contributed by atoms with Crippen molar-refractivity contribution in [1.29, 1.82) is 0 Å². The topological polar surface area (TPSA) is 94.2 Å². The molecule has 4 rings (SSSR count). The van der Waals surface area contributed by atoms with E-state index >= 15 is 0 Å². The number of piperidine rings is 1. The second kappa shape index (κ2) is 12.1. The van der Waals surface area contributed by atoms with Gasteiger partial charge in [-0.15, -0.1) is 0 Å². The summed E-state index contributed by atoms with van der Waals surface area (Å²) in [6.45, 7) is 6.54. The molecule has 0 saturated carbocycles. The average Bonchev–Trinajstić information content (AvgIpc) is 3.33. The van der Waals surface area contributed by atoms with E-state index in [1.165, 1.54) is 11.0 Å². The Morgan fingerprint density at radius 2 is 1.90 bits per heavy atom. The fourth-order valence-corrected chi connectivity index (χ4v) is 4.82.